The van der Waals surface area contributed by atoms with E-state index >= 15 is 0 Å². The van der Waals surface area contributed by atoms with Gasteiger partial charge in [0.2, 0.25) is 10.7 Å². The predicted molar refractivity (Wildman–Crippen MR) is 50.1 cm³/mol. The summed E-state index contributed by atoms with van der Waals surface area (Å²) in [6.07, 6.45) is 0. The molecule has 13 heteroatoms. The molecule has 0 bridgehead atoms. The maximum absolute atomic E-state index is 10.8. The molecule has 0 aromatic heterocycles. The number of ether oxygens (including phenoxy) is 1. The van der Waals surface area contributed by atoms with E-state index in [1.807, 2.05) is 0 Å². The third kappa shape index (κ3) is 4.72. The third-order valence-electron chi connectivity index (χ3n) is 1.31. The number of carbonyl (C=O) groups excluding carboxylic acids is 2. The van der Waals surface area contributed by atoms with Gasteiger partial charge in [-0.3, -0.25) is 9.11 Å². The van der Waals surface area contributed by atoms with Crippen LogP contribution in [-0.4, -0.2) is 48.6 Å². The van der Waals surface area contributed by atoms with Gasteiger partial charge in [0.15, 0.2) is 0 Å². The number of esters is 2. The van der Waals surface area contributed by atoms with Gasteiger partial charge in [0, 0.05) is 0 Å². The van der Waals surface area contributed by atoms with Gasteiger partial charge in [-0.1, -0.05) is 0 Å². The van der Waals surface area contributed by atoms with Crippen LogP contribution in [0.1, 0.15) is 0 Å². The van der Waals surface area contributed by atoms with Crippen molar-refractivity contribution in [2.75, 3.05) is 0 Å². The van der Waals surface area contributed by atoms with Crippen molar-refractivity contribution in [3.63, 3.8) is 0 Å². The molecule has 0 saturated heterocycles. The lowest BCUT2D eigenvalue weighted by molar-refractivity contribution is -0.159. The molecule has 0 rings (SSSR count). The van der Waals surface area contributed by atoms with Gasteiger partial charge in [0.05, 0.1) is 0 Å². The summed E-state index contributed by atoms with van der Waals surface area (Å²) in [7, 11) is -10.0. The quantitative estimate of drug-likeness (QED) is 0.226. The number of nitrogens with two attached hydrogens (primary N) is 2. The van der Waals surface area contributed by atoms with Crippen molar-refractivity contribution in [2.24, 2.45) is 11.5 Å². The van der Waals surface area contributed by atoms with Crippen LogP contribution in [0.25, 0.3) is 0 Å². The van der Waals surface area contributed by atoms with Crippen LogP contribution in [0.3, 0.4) is 0 Å². The Labute approximate surface area is 95.2 Å². The van der Waals surface area contributed by atoms with Gasteiger partial charge in [-0.2, -0.15) is 16.8 Å². The molecule has 100 valence electrons. The Morgan fingerprint density at radius 3 is 1.29 bits per heavy atom. The summed E-state index contributed by atoms with van der Waals surface area (Å²) in [6, 6.07) is 0. The minimum atomic E-state index is -5.01. The molecule has 0 aliphatic heterocycles. The summed E-state index contributed by atoms with van der Waals surface area (Å²) in [5, 5.41) is -5.19. The monoisotopic (exact) mass is 292 g/mol. The molecular weight excluding hydrogens is 284 g/mol. The number of carbonyl (C=O) groups is 2. The Balaban J connectivity index is 4.80. The fourth-order valence-corrected chi connectivity index (χ4v) is 1.04. The molecule has 0 aliphatic rings. The second-order valence-corrected chi connectivity index (χ2v) is 5.69. The second kappa shape index (κ2) is 5.03. The maximum Gasteiger partial charge on any atom is 0.349 e. The van der Waals surface area contributed by atoms with Crippen molar-refractivity contribution < 1.29 is 40.3 Å². The molecular formula is C4H8N2O9S2. The number of hydrogen-bond acceptors (Lipinski definition) is 9. The summed E-state index contributed by atoms with van der Waals surface area (Å²) in [5.74, 6) is -3.90. The molecule has 0 heterocycles. The van der Waals surface area contributed by atoms with Gasteiger partial charge in [0.1, 0.15) is 0 Å². The SMILES string of the molecule is NC(C(=O)OC(=O)C(N)S(=O)(=O)O)S(=O)(=O)O. The van der Waals surface area contributed by atoms with Crippen molar-refractivity contribution in [3.8, 4) is 0 Å². The van der Waals surface area contributed by atoms with Crippen LogP contribution < -0.4 is 11.5 Å². The van der Waals surface area contributed by atoms with E-state index in [9.17, 15) is 26.4 Å². The molecule has 0 radical (unpaired) electrons. The average molecular weight is 292 g/mol. The third-order valence-corrected chi connectivity index (χ3v) is 2.98. The summed E-state index contributed by atoms with van der Waals surface area (Å²) in [6.45, 7) is 0. The van der Waals surface area contributed by atoms with Crippen LogP contribution in [0.2, 0.25) is 0 Å². The minimum absolute atomic E-state index is 1.95. The van der Waals surface area contributed by atoms with Gasteiger partial charge in [-0.15, -0.1) is 0 Å². The predicted octanol–water partition coefficient (Wildman–Crippen LogP) is -3.60. The Hall–Kier alpha value is -1.12. The zero-order valence-electron chi connectivity index (χ0n) is 7.88. The molecule has 0 aromatic rings. The number of rotatable bonds is 4. The van der Waals surface area contributed by atoms with Crippen molar-refractivity contribution in [1.29, 1.82) is 0 Å². The van der Waals surface area contributed by atoms with Crippen LogP contribution in [0.4, 0.5) is 0 Å². The first-order valence-corrected chi connectivity index (χ1v) is 6.57. The van der Waals surface area contributed by atoms with E-state index in [2.05, 4.69) is 16.2 Å². The van der Waals surface area contributed by atoms with Crippen molar-refractivity contribution in [1.82, 2.24) is 0 Å². The smallest absolute Gasteiger partial charge is 0.349 e. The van der Waals surface area contributed by atoms with Gasteiger partial charge in [0.25, 0.3) is 20.2 Å². The molecule has 2 unspecified atom stereocenters. The topological polar surface area (TPSA) is 204 Å². The van der Waals surface area contributed by atoms with Gasteiger partial charge in [-0.05, 0) is 0 Å². The first-order valence-electron chi connectivity index (χ1n) is 3.56. The Kier molecular flexibility index (Phi) is 4.70. The molecule has 0 aliphatic carbocycles. The lowest BCUT2D eigenvalue weighted by atomic mass is 10.6. The van der Waals surface area contributed by atoms with Gasteiger partial charge in [-0.25, -0.2) is 9.59 Å². The maximum atomic E-state index is 10.8. The van der Waals surface area contributed by atoms with E-state index in [1.54, 1.807) is 0 Å². The van der Waals surface area contributed by atoms with E-state index in [-0.39, 0.29) is 0 Å². The van der Waals surface area contributed by atoms with Crippen LogP contribution in [0, 0.1) is 0 Å². The Morgan fingerprint density at radius 2 is 1.12 bits per heavy atom. The zero-order valence-corrected chi connectivity index (χ0v) is 9.51. The highest BCUT2D eigenvalue weighted by Crippen LogP contribution is 1.99. The molecule has 0 fully saturated rings. The highest BCUT2D eigenvalue weighted by molar-refractivity contribution is 7.87. The molecule has 0 amide bonds. The van der Waals surface area contributed by atoms with Crippen molar-refractivity contribution >= 4 is 32.2 Å². The molecule has 2 atom stereocenters. The average Bonchev–Trinajstić information content (AvgIpc) is 2.12. The highest BCUT2D eigenvalue weighted by Gasteiger charge is 2.35. The fraction of sp³-hybridized carbons (Fsp3) is 0.500. The van der Waals surface area contributed by atoms with Crippen LogP contribution >= 0.6 is 0 Å². The van der Waals surface area contributed by atoms with E-state index in [0.29, 0.717) is 0 Å². The highest BCUT2D eigenvalue weighted by atomic mass is 32.2. The second-order valence-electron chi connectivity index (χ2n) is 2.61. The Bertz CT molecular complexity index is 471. The van der Waals surface area contributed by atoms with Crippen molar-refractivity contribution in [3.05, 3.63) is 0 Å². The largest absolute Gasteiger partial charge is 0.389 e. The molecule has 17 heavy (non-hydrogen) atoms. The van der Waals surface area contributed by atoms with Gasteiger partial charge < -0.3 is 16.2 Å². The van der Waals surface area contributed by atoms with Crippen LogP contribution in [-0.2, 0) is 34.6 Å². The van der Waals surface area contributed by atoms with E-state index in [0.717, 1.165) is 0 Å². The van der Waals surface area contributed by atoms with E-state index < -0.39 is 42.9 Å². The summed E-state index contributed by atoms with van der Waals surface area (Å²) in [5.41, 5.74) is 9.27. The summed E-state index contributed by atoms with van der Waals surface area (Å²) >= 11 is 0. The molecule has 0 aromatic carbocycles. The standard InChI is InChI=1S/C4H8N2O9S2/c5-1(16(9,10)11)3(7)15-4(8)2(6)17(12,13)14/h1-2H,5-6H2,(H,9,10,11)(H,12,13,14). The Morgan fingerprint density at radius 1 is 0.882 bits per heavy atom. The van der Waals surface area contributed by atoms with Crippen LogP contribution in [0.5, 0.6) is 0 Å². The molecule has 11 nitrogen and oxygen atoms in total. The summed E-state index contributed by atoms with van der Waals surface area (Å²) < 4.78 is 61.6. The van der Waals surface area contributed by atoms with E-state index in [1.165, 1.54) is 0 Å². The number of hydrogen-bond donors (Lipinski definition) is 4. The normalized spacial score (nSPS) is 16.0. The zero-order chi connectivity index (χ0) is 14.0. The first kappa shape index (κ1) is 15.9. The first-order chi connectivity index (χ1) is 7.37. The summed E-state index contributed by atoms with van der Waals surface area (Å²) in [4.78, 5) is 21.6. The van der Waals surface area contributed by atoms with E-state index in [4.69, 9.17) is 9.11 Å². The van der Waals surface area contributed by atoms with Gasteiger partial charge >= 0.3 is 11.9 Å². The lowest BCUT2D eigenvalue weighted by Crippen LogP contribution is -2.45. The molecule has 0 spiro atoms. The minimum Gasteiger partial charge on any atom is -0.389 e. The van der Waals surface area contributed by atoms with Crippen molar-refractivity contribution in [2.45, 2.75) is 10.7 Å². The lowest BCUT2D eigenvalue weighted by Gasteiger charge is -2.09. The molecule has 0 saturated carbocycles. The van der Waals surface area contributed by atoms with Crippen LogP contribution in [0.15, 0.2) is 0 Å². The molecule has 6 N–H and O–H groups in total. The fourth-order valence-electron chi connectivity index (χ4n) is 0.458.